The molecule has 1 heterocycles. The SMILES string of the molecule is CCCCCCCCc1cnc(-c2ccc(-c3ccc(OCCCC4CCC(CCCCC)CC4)cc3)cc2)nc1. The average Bonchev–Trinajstić information content (AvgIpc) is 3.03. The molecule has 0 N–H and O–H groups in total. The van der Waals surface area contributed by atoms with Gasteiger partial charge in [-0.1, -0.05) is 134 Å². The number of hydrogen-bond acceptors (Lipinski definition) is 3. The predicted molar refractivity (Wildman–Crippen MR) is 174 cm³/mol. The van der Waals surface area contributed by atoms with E-state index in [9.17, 15) is 0 Å². The van der Waals surface area contributed by atoms with E-state index in [0.717, 1.165) is 48.4 Å². The van der Waals surface area contributed by atoms with Crippen molar-refractivity contribution >= 4 is 0 Å². The molecule has 0 aliphatic heterocycles. The van der Waals surface area contributed by atoms with Gasteiger partial charge in [-0.2, -0.15) is 0 Å². The number of rotatable bonds is 18. The predicted octanol–water partition coefficient (Wildman–Crippen LogP) is 11.3. The maximum atomic E-state index is 6.09. The molecule has 1 saturated carbocycles. The Hall–Kier alpha value is -2.68. The summed E-state index contributed by atoms with van der Waals surface area (Å²) >= 11 is 0. The highest BCUT2D eigenvalue weighted by Crippen LogP contribution is 2.34. The molecule has 0 atom stereocenters. The van der Waals surface area contributed by atoms with Gasteiger partial charge in [0.05, 0.1) is 6.61 Å². The lowest BCUT2D eigenvalue weighted by Gasteiger charge is -2.28. The number of benzene rings is 2. The molecular weight excluding hydrogens is 500 g/mol. The molecule has 3 aromatic rings. The van der Waals surface area contributed by atoms with Crippen molar-refractivity contribution in [3.8, 4) is 28.3 Å². The van der Waals surface area contributed by atoms with Gasteiger partial charge in [0.25, 0.3) is 0 Å². The normalized spacial score (nSPS) is 17.0. The maximum absolute atomic E-state index is 6.09. The van der Waals surface area contributed by atoms with Gasteiger partial charge in [0, 0.05) is 18.0 Å². The second-order valence-electron chi connectivity index (χ2n) is 12.4. The molecule has 41 heavy (non-hydrogen) atoms. The van der Waals surface area contributed by atoms with E-state index in [4.69, 9.17) is 4.74 Å². The van der Waals surface area contributed by atoms with Gasteiger partial charge in [-0.15, -0.1) is 0 Å². The Morgan fingerprint density at radius 3 is 1.73 bits per heavy atom. The van der Waals surface area contributed by atoms with E-state index in [1.165, 1.54) is 113 Å². The van der Waals surface area contributed by atoms with Crippen LogP contribution in [0, 0.1) is 11.8 Å². The minimum Gasteiger partial charge on any atom is -0.494 e. The Morgan fingerprint density at radius 1 is 0.585 bits per heavy atom. The van der Waals surface area contributed by atoms with Crippen molar-refractivity contribution in [1.29, 1.82) is 0 Å². The summed E-state index contributed by atoms with van der Waals surface area (Å²) < 4.78 is 6.09. The first-order valence-electron chi connectivity index (χ1n) is 16.9. The fourth-order valence-electron chi connectivity index (χ4n) is 6.35. The number of aromatic nitrogens is 2. The van der Waals surface area contributed by atoms with E-state index in [2.05, 4.69) is 72.3 Å². The average molecular weight is 555 g/mol. The molecule has 2 aromatic carbocycles. The quantitative estimate of drug-likeness (QED) is 0.147. The van der Waals surface area contributed by atoms with Gasteiger partial charge in [0.1, 0.15) is 5.75 Å². The van der Waals surface area contributed by atoms with Crippen molar-refractivity contribution in [3.05, 3.63) is 66.5 Å². The van der Waals surface area contributed by atoms with Crippen LogP contribution in [0.1, 0.15) is 122 Å². The third kappa shape index (κ3) is 10.9. The Kier molecular flexibility index (Phi) is 13.7. The topological polar surface area (TPSA) is 35.0 Å². The third-order valence-electron chi connectivity index (χ3n) is 9.06. The zero-order valence-corrected chi connectivity index (χ0v) is 26.0. The van der Waals surface area contributed by atoms with E-state index >= 15 is 0 Å². The van der Waals surface area contributed by atoms with E-state index < -0.39 is 0 Å². The van der Waals surface area contributed by atoms with Crippen LogP contribution >= 0.6 is 0 Å². The molecular formula is C38H54N2O. The van der Waals surface area contributed by atoms with Gasteiger partial charge in [-0.05, 0) is 66.3 Å². The van der Waals surface area contributed by atoms with Crippen LogP contribution in [-0.2, 0) is 6.42 Å². The van der Waals surface area contributed by atoms with Gasteiger partial charge < -0.3 is 4.74 Å². The number of aryl methyl sites for hydroxylation is 1. The summed E-state index contributed by atoms with van der Waals surface area (Å²) in [7, 11) is 0. The molecule has 1 aromatic heterocycles. The van der Waals surface area contributed by atoms with Crippen LogP contribution in [0.4, 0.5) is 0 Å². The summed E-state index contributed by atoms with van der Waals surface area (Å²) in [6, 6.07) is 17.1. The lowest BCUT2D eigenvalue weighted by molar-refractivity contribution is 0.228. The summed E-state index contributed by atoms with van der Waals surface area (Å²) in [5.41, 5.74) is 4.70. The molecule has 1 aliphatic rings. The molecule has 1 fully saturated rings. The third-order valence-corrected chi connectivity index (χ3v) is 9.06. The lowest BCUT2D eigenvalue weighted by Crippen LogP contribution is -2.15. The van der Waals surface area contributed by atoms with E-state index in [1.54, 1.807) is 0 Å². The standard InChI is InChI=1S/C38H54N2O/c1-3-5-7-8-9-11-14-33-29-39-38(40-30-33)36-22-20-34(21-23-36)35-24-26-37(27-25-35)41-28-12-15-32-18-16-31(17-19-32)13-10-6-4-2/h20-27,29-32H,3-19,28H2,1-2H3. The summed E-state index contributed by atoms with van der Waals surface area (Å²) in [5.74, 6) is 3.69. The van der Waals surface area contributed by atoms with Gasteiger partial charge in [-0.25, -0.2) is 9.97 Å². The Morgan fingerprint density at radius 2 is 1.10 bits per heavy atom. The molecule has 0 amide bonds. The number of ether oxygens (including phenoxy) is 1. The Bertz CT molecular complexity index is 1080. The highest BCUT2D eigenvalue weighted by atomic mass is 16.5. The molecule has 0 bridgehead atoms. The van der Waals surface area contributed by atoms with Crippen molar-refractivity contribution in [2.75, 3.05) is 6.61 Å². The summed E-state index contributed by atoms with van der Waals surface area (Å²) in [6.45, 7) is 5.39. The monoisotopic (exact) mass is 554 g/mol. The van der Waals surface area contributed by atoms with Crippen LogP contribution in [0.25, 0.3) is 22.5 Å². The van der Waals surface area contributed by atoms with E-state index in [0.29, 0.717) is 0 Å². The van der Waals surface area contributed by atoms with Crippen LogP contribution in [0.3, 0.4) is 0 Å². The molecule has 1 aliphatic carbocycles. The van der Waals surface area contributed by atoms with E-state index in [1.807, 2.05) is 12.4 Å². The zero-order valence-electron chi connectivity index (χ0n) is 26.0. The highest BCUT2D eigenvalue weighted by Gasteiger charge is 2.20. The van der Waals surface area contributed by atoms with Crippen LogP contribution in [0.5, 0.6) is 5.75 Å². The molecule has 0 spiro atoms. The van der Waals surface area contributed by atoms with Gasteiger partial charge in [0.2, 0.25) is 0 Å². The summed E-state index contributed by atoms with van der Waals surface area (Å²) in [5, 5.41) is 0. The van der Waals surface area contributed by atoms with Crippen molar-refractivity contribution in [1.82, 2.24) is 9.97 Å². The van der Waals surface area contributed by atoms with Crippen LogP contribution in [0.15, 0.2) is 60.9 Å². The lowest BCUT2D eigenvalue weighted by atomic mass is 9.78. The van der Waals surface area contributed by atoms with Gasteiger partial charge in [-0.3, -0.25) is 0 Å². The fourth-order valence-corrected chi connectivity index (χ4v) is 6.35. The van der Waals surface area contributed by atoms with Crippen molar-refractivity contribution in [2.45, 2.75) is 123 Å². The number of unbranched alkanes of at least 4 members (excludes halogenated alkanes) is 7. The Labute approximate surface area is 250 Å². The summed E-state index contributed by atoms with van der Waals surface area (Å²) in [4.78, 5) is 9.29. The van der Waals surface area contributed by atoms with E-state index in [-0.39, 0.29) is 0 Å². The molecule has 0 radical (unpaired) electrons. The number of hydrogen-bond donors (Lipinski definition) is 0. The van der Waals surface area contributed by atoms with Crippen LogP contribution < -0.4 is 4.74 Å². The molecule has 0 saturated heterocycles. The molecule has 0 unspecified atom stereocenters. The Balaban J connectivity index is 1.15. The molecule has 4 rings (SSSR count). The van der Waals surface area contributed by atoms with Gasteiger partial charge >= 0.3 is 0 Å². The molecule has 3 heteroatoms. The minimum atomic E-state index is 0.798. The van der Waals surface area contributed by atoms with Gasteiger partial charge in [0.15, 0.2) is 5.82 Å². The zero-order chi connectivity index (χ0) is 28.5. The van der Waals surface area contributed by atoms with Crippen molar-refractivity contribution in [2.24, 2.45) is 11.8 Å². The van der Waals surface area contributed by atoms with Crippen molar-refractivity contribution in [3.63, 3.8) is 0 Å². The van der Waals surface area contributed by atoms with Crippen LogP contribution in [-0.4, -0.2) is 16.6 Å². The molecule has 3 nitrogen and oxygen atoms in total. The first kappa shape index (κ1) is 31.3. The maximum Gasteiger partial charge on any atom is 0.159 e. The summed E-state index contributed by atoms with van der Waals surface area (Å²) in [6.07, 6.45) is 26.9. The largest absolute Gasteiger partial charge is 0.494 e. The number of nitrogens with zero attached hydrogens (tertiary/aromatic N) is 2. The second kappa shape index (κ2) is 18.0. The first-order chi connectivity index (χ1) is 20.2. The van der Waals surface area contributed by atoms with Crippen LogP contribution in [0.2, 0.25) is 0 Å². The fraction of sp³-hybridized carbons (Fsp3) is 0.579. The smallest absolute Gasteiger partial charge is 0.159 e. The van der Waals surface area contributed by atoms with Crippen molar-refractivity contribution < 1.29 is 4.74 Å². The first-order valence-corrected chi connectivity index (χ1v) is 16.9. The molecule has 222 valence electrons. The minimum absolute atomic E-state index is 0.798. The highest BCUT2D eigenvalue weighted by molar-refractivity contribution is 5.68. The second-order valence-corrected chi connectivity index (χ2v) is 12.4.